The Balaban J connectivity index is 2.18. The lowest BCUT2D eigenvalue weighted by Gasteiger charge is -2.30. The molecule has 0 atom stereocenters. The molecule has 1 fully saturated rings. The highest BCUT2D eigenvalue weighted by molar-refractivity contribution is 7.99. The zero-order valence-electron chi connectivity index (χ0n) is 13.8. The summed E-state index contributed by atoms with van der Waals surface area (Å²) >= 11 is 1.87. The summed E-state index contributed by atoms with van der Waals surface area (Å²) in [6, 6.07) is 0. The van der Waals surface area contributed by atoms with Gasteiger partial charge in [-0.15, -0.1) is 0 Å². The largest absolute Gasteiger partial charge is 0.355 e. The highest BCUT2D eigenvalue weighted by atomic mass is 32.2. The van der Waals surface area contributed by atoms with Crippen LogP contribution in [0.1, 0.15) is 33.6 Å². The van der Waals surface area contributed by atoms with E-state index < -0.39 is 0 Å². The lowest BCUT2D eigenvalue weighted by Crippen LogP contribution is -2.46. The Morgan fingerprint density at radius 3 is 2.50 bits per heavy atom. The molecule has 0 aromatic heterocycles. The van der Waals surface area contributed by atoms with E-state index in [1.54, 1.807) is 0 Å². The van der Waals surface area contributed by atoms with Crippen molar-refractivity contribution < 1.29 is 0 Å². The highest BCUT2D eigenvalue weighted by Crippen LogP contribution is 2.19. The van der Waals surface area contributed by atoms with E-state index in [0.29, 0.717) is 0 Å². The number of piperidine rings is 1. The molecule has 0 radical (unpaired) electrons. The van der Waals surface area contributed by atoms with Crippen LogP contribution in [0.2, 0.25) is 0 Å². The molecule has 0 aromatic rings. The molecule has 0 spiro atoms. The molecule has 4 nitrogen and oxygen atoms in total. The molecular formula is C15H32N4S. The molecule has 1 aliphatic heterocycles. The fraction of sp³-hybridized carbons (Fsp3) is 0.933. The Labute approximate surface area is 129 Å². The lowest BCUT2D eigenvalue weighted by atomic mass is 9.99. The first-order valence-electron chi connectivity index (χ1n) is 7.69. The standard InChI is InChI=1S/C15H32N4S/c1-13-6-9-19(10-7-13)11-8-17-14(16-4)18-12-15(2,3)20-5/h13H,6-12H2,1-5H3,(H2,16,17,18). The molecular weight excluding hydrogens is 268 g/mol. The molecule has 0 saturated carbocycles. The van der Waals surface area contributed by atoms with Gasteiger partial charge in [-0.2, -0.15) is 11.8 Å². The summed E-state index contributed by atoms with van der Waals surface area (Å²) in [7, 11) is 1.84. The van der Waals surface area contributed by atoms with Gasteiger partial charge in [0.25, 0.3) is 0 Å². The van der Waals surface area contributed by atoms with Crippen molar-refractivity contribution in [1.82, 2.24) is 15.5 Å². The summed E-state index contributed by atoms with van der Waals surface area (Å²) in [6.07, 6.45) is 4.83. The van der Waals surface area contributed by atoms with Crippen molar-refractivity contribution in [3.8, 4) is 0 Å². The molecule has 1 aliphatic rings. The summed E-state index contributed by atoms with van der Waals surface area (Å²) in [5, 5.41) is 6.82. The number of nitrogens with zero attached hydrogens (tertiary/aromatic N) is 2. The van der Waals surface area contributed by atoms with Crippen LogP contribution in [0.3, 0.4) is 0 Å². The van der Waals surface area contributed by atoms with Crippen molar-refractivity contribution in [2.75, 3.05) is 46.0 Å². The lowest BCUT2D eigenvalue weighted by molar-refractivity contribution is 0.195. The maximum Gasteiger partial charge on any atom is 0.191 e. The van der Waals surface area contributed by atoms with Gasteiger partial charge in [0.1, 0.15) is 0 Å². The minimum absolute atomic E-state index is 0.237. The minimum Gasteiger partial charge on any atom is -0.355 e. The highest BCUT2D eigenvalue weighted by Gasteiger charge is 2.17. The maximum absolute atomic E-state index is 4.29. The van der Waals surface area contributed by atoms with E-state index in [-0.39, 0.29) is 4.75 Å². The van der Waals surface area contributed by atoms with E-state index in [2.05, 4.69) is 47.6 Å². The van der Waals surface area contributed by atoms with Crippen LogP contribution >= 0.6 is 11.8 Å². The SMILES string of the molecule is CN=C(NCCN1CCC(C)CC1)NCC(C)(C)SC. The van der Waals surface area contributed by atoms with Gasteiger partial charge in [0.2, 0.25) is 0 Å². The molecule has 1 saturated heterocycles. The summed E-state index contributed by atoms with van der Waals surface area (Å²) in [5.74, 6) is 1.82. The second-order valence-corrected chi connectivity index (χ2v) is 7.85. The zero-order chi connectivity index (χ0) is 15.0. The van der Waals surface area contributed by atoms with E-state index in [0.717, 1.165) is 31.5 Å². The van der Waals surface area contributed by atoms with Gasteiger partial charge in [0.15, 0.2) is 5.96 Å². The third kappa shape index (κ3) is 6.84. The van der Waals surface area contributed by atoms with E-state index in [4.69, 9.17) is 0 Å². The summed E-state index contributed by atoms with van der Waals surface area (Å²) < 4.78 is 0.237. The van der Waals surface area contributed by atoms with Gasteiger partial charge in [-0.25, -0.2) is 0 Å². The van der Waals surface area contributed by atoms with Crippen molar-refractivity contribution in [3.63, 3.8) is 0 Å². The molecule has 2 N–H and O–H groups in total. The summed E-state index contributed by atoms with van der Waals surface area (Å²) in [6.45, 7) is 12.3. The summed E-state index contributed by atoms with van der Waals surface area (Å²) in [5.41, 5.74) is 0. The van der Waals surface area contributed by atoms with Crippen molar-refractivity contribution in [2.45, 2.75) is 38.4 Å². The van der Waals surface area contributed by atoms with Crippen LogP contribution in [-0.2, 0) is 0 Å². The molecule has 118 valence electrons. The van der Waals surface area contributed by atoms with E-state index in [1.165, 1.54) is 25.9 Å². The third-order valence-corrected chi connectivity index (χ3v) is 5.30. The first kappa shape index (κ1) is 17.6. The van der Waals surface area contributed by atoms with E-state index >= 15 is 0 Å². The van der Waals surface area contributed by atoms with Crippen molar-refractivity contribution in [3.05, 3.63) is 0 Å². The van der Waals surface area contributed by atoms with Gasteiger partial charge in [-0.1, -0.05) is 6.92 Å². The van der Waals surface area contributed by atoms with E-state index in [1.807, 2.05) is 18.8 Å². The number of likely N-dealkylation sites (tertiary alicyclic amines) is 1. The maximum atomic E-state index is 4.29. The molecule has 0 unspecified atom stereocenters. The van der Waals surface area contributed by atoms with Crippen LogP contribution in [0, 0.1) is 5.92 Å². The molecule has 5 heteroatoms. The van der Waals surface area contributed by atoms with Crippen LogP contribution in [0.15, 0.2) is 4.99 Å². The molecule has 1 heterocycles. The number of aliphatic imine (C=N–C) groups is 1. The van der Waals surface area contributed by atoms with Crippen molar-refractivity contribution in [1.29, 1.82) is 0 Å². The third-order valence-electron chi connectivity index (χ3n) is 4.05. The van der Waals surface area contributed by atoms with Gasteiger partial charge in [0.05, 0.1) is 0 Å². The van der Waals surface area contributed by atoms with Gasteiger partial charge in [0, 0.05) is 31.4 Å². The Morgan fingerprint density at radius 2 is 1.95 bits per heavy atom. The number of thioether (sulfide) groups is 1. The molecule has 0 bridgehead atoms. The average Bonchev–Trinajstić information content (AvgIpc) is 2.44. The Hall–Kier alpha value is -0.420. The number of hydrogen-bond acceptors (Lipinski definition) is 3. The first-order chi connectivity index (χ1) is 9.46. The number of hydrogen-bond donors (Lipinski definition) is 2. The van der Waals surface area contributed by atoms with Crippen molar-refractivity contribution >= 4 is 17.7 Å². The monoisotopic (exact) mass is 300 g/mol. The topological polar surface area (TPSA) is 39.7 Å². The fourth-order valence-corrected chi connectivity index (χ4v) is 2.42. The Kier molecular flexibility index (Phi) is 7.74. The zero-order valence-corrected chi connectivity index (χ0v) is 14.6. The van der Waals surface area contributed by atoms with Crippen LogP contribution < -0.4 is 10.6 Å². The van der Waals surface area contributed by atoms with Gasteiger partial charge in [-0.3, -0.25) is 4.99 Å². The number of nitrogens with one attached hydrogen (secondary N) is 2. The van der Waals surface area contributed by atoms with Gasteiger partial charge in [-0.05, 0) is 52.0 Å². The van der Waals surface area contributed by atoms with Crippen LogP contribution in [0.4, 0.5) is 0 Å². The normalized spacial score (nSPS) is 19.1. The van der Waals surface area contributed by atoms with Crippen LogP contribution in [0.5, 0.6) is 0 Å². The van der Waals surface area contributed by atoms with Crippen LogP contribution in [-0.4, -0.2) is 61.6 Å². The summed E-state index contributed by atoms with van der Waals surface area (Å²) in [4.78, 5) is 6.83. The molecule has 1 rings (SSSR count). The minimum atomic E-state index is 0.237. The Morgan fingerprint density at radius 1 is 1.30 bits per heavy atom. The smallest absolute Gasteiger partial charge is 0.191 e. The quantitative estimate of drug-likeness (QED) is 0.581. The molecule has 0 aromatic carbocycles. The second-order valence-electron chi connectivity index (χ2n) is 6.34. The van der Waals surface area contributed by atoms with Gasteiger partial charge >= 0.3 is 0 Å². The molecule has 20 heavy (non-hydrogen) atoms. The van der Waals surface area contributed by atoms with Gasteiger partial charge < -0.3 is 15.5 Å². The molecule has 0 amide bonds. The second kappa shape index (κ2) is 8.78. The predicted molar refractivity (Wildman–Crippen MR) is 91.8 cm³/mol. The number of guanidine groups is 1. The van der Waals surface area contributed by atoms with Crippen molar-refractivity contribution in [2.24, 2.45) is 10.9 Å². The molecule has 0 aliphatic carbocycles. The Bertz CT molecular complexity index is 296. The predicted octanol–water partition coefficient (Wildman–Crippen LogP) is 2.02. The number of rotatable bonds is 6. The average molecular weight is 301 g/mol. The van der Waals surface area contributed by atoms with E-state index in [9.17, 15) is 0 Å². The fourth-order valence-electron chi connectivity index (χ4n) is 2.21. The first-order valence-corrected chi connectivity index (χ1v) is 8.91. The van der Waals surface area contributed by atoms with Crippen LogP contribution in [0.25, 0.3) is 0 Å².